The summed E-state index contributed by atoms with van der Waals surface area (Å²) in [6, 6.07) is 7.06. The first-order chi connectivity index (χ1) is 9.74. The maximum absolute atomic E-state index is 13.7. The third-order valence-electron chi connectivity index (χ3n) is 3.39. The second-order valence-electron chi connectivity index (χ2n) is 4.88. The van der Waals surface area contributed by atoms with E-state index in [1.54, 1.807) is 12.4 Å². The fourth-order valence-electron chi connectivity index (χ4n) is 2.27. The number of likely N-dealkylation sites (N-methyl/N-ethyl adjacent to an activating group) is 1. The third-order valence-corrected chi connectivity index (χ3v) is 3.39. The number of hydrogen-bond acceptors (Lipinski definition) is 3. The standard InChI is InChI=1S/C15H21FN4/c1-3-8-20-15(18-11-19-20)10-13(17-2)9-12-6-4-5-7-14(12)16/h4-7,11,13,17H,3,8-10H2,1-2H3. The van der Waals surface area contributed by atoms with E-state index in [2.05, 4.69) is 22.3 Å². The molecule has 2 aromatic rings. The molecule has 0 amide bonds. The molecule has 1 heterocycles. The zero-order chi connectivity index (χ0) is 14.4. The quantitative estimate of drug-likeness (QED) is 0.843. The smallest absolute Gasteiger partial charge is 0.138 e. The molecular weight excluding hydrogens is 255 g/mol. The Morgan fingerprint density at radius 3 is 2.80 bits per heavy atom. The zero-order valence-electron chi connectivity index (χ0n) is 12.0. The first kappa shape index (κ1) is 14.7. The molecule has 0 aliphatic carbocycles. The lowest BCUT2D eigenvalue weighted by atomic mass is 10.0. The molecule has 0 spiro atoms. The minimum Gasteiger partial charge on any atom is -0.316 e. The number of aryl methyl sites for hydroxylation is 1. The minimum absolute atomic E-state index is 0.145. The lowest BCUT2D eigenvalue weighted by Crippen LogP contribution is -2.31. The Balaban J connectivity index is 2.05. The topological polar surface area (TPSA) is 42.7 Å². The predicted octanol–water partition coefficient (Wildman–Crippen LogP) is 2.20. The molecule has 0 fully saturated rings. The van der Waals surface area contributed by atoms with E-state index in [1.807, 2.05) is 23.9 Å². The van der Waals surface area contributed by atoms with Gasteiger partial charge in [0.1, 0.15) is 18.0 Å². The summed E-state index contributed by atoms with van der Waals surface area (Å²) in [5.74, 6) is 0.797. The van der Waals surface area contributed by atoms with E-state index in [9.17, 15) is 4.39 Å². The summed E-state index contributed by atoms with van der Waals surface area (Å²) >= 11 is 0. The Hall–Kier alpha value is -1.75. The van der Waals surface area contributed by atoms with Crippen LogP contribution < -0.4 is 5.32 Å². The number of halogens is 1. The van der Waals surface area contributed by atoms with Crippen molar-refractivity contribution in [1.29, 1.82) is 0 Å². The van der Waals surface area contributed by atoms with Crippen LogP contribution >= 0.6 is 0 Å². The van der Waals surface area contributed by atoms with Gasteiger partial charge in [-0.3, -0.25) is 4.68 Å². The van der Waals surface area contributed by atoms with Crippen LogP contribution in [0.3, 0.4) is 0 Å². The molecule has 0 aliphatic heterocycles. The zero-order valence-corrected chi connectivity index (χ0v) is 12.0. The highest BCUT2D eigenvalue weighted by molar-refractivity contribution is 5.18. The maximum Gasteiger partial charge on any atom is 0.138 e. The van der Waals surface area contributed by atoms with E-state index in [0.717, 1.165) is 30.8 Å². The van der Waals surface area contributed by atoms with Crippen LogP contribution in [0.4, 0.5) is 4.39 Å². The van der Waals surface area contributed by atoms with Gasteiger partial charge in [-0.25, -0.2) is 9.37 Å². The summed E-state index contributed by atoms with van der Waals surface area (Å²) in [7, 11) is 1.89. The van der Waals surface area contributed by atoms with Gasteiger partial charge in [0.15, 0.2) is 0 Å². The van der Waals surface area contributed by atoms with Crippen molar-refractivity contribution < 1.29 is 4.39 Å². The summed E-state index contributed by atoms with van der Waals surface area (Å²) in [6.07, 6.45) is 3.99. The molecule has 1 atom stereocenters. The molecule has 1 unspecified atom stereocenters. The maximum atomic E-state index is 13.7. The molecule has 2 rings (SSSR count). The Morgan fingerprint density at radius 2 is 2.10 bits per heavy atom. The van der Waals surface area contributed by atoms with Gasteiger partial charge in [-0.2, -0.15) is 5.10 Å². The van der Waals surface area contributed by atoms with Crippen LogP contribution in [-0.4, -0.2) is 27.9 Å². The lowest BCUT2D eigenvalue weighted by molar-refractivity contribution is 0.492. The summed E-state index contributed by atoms with van der Waals surface area (Å²) in [6.45, 7) is 2.98. The summed E-state index contributed by atoms with van der Waals surface area (Å²) in [5, 5.41) is 7.46. The van der Waals surface area contributed by atoms with E-state index in [0.29, 0.717) is 6.42 Å². The van der Waals surface area contributed by atoms with Gasteiger partial charge in [0.25, 0.3) is 0 Å². The highest BCUT2D eigenvalue weighted by atomic mass is 19.1. The highest BCUT2D eigenvalue weighted by Gasteiger charge is 2.14. The van der Waals surface area contributed by atoms with E-state index in [4.69, 9.17) is 0 Å². The van der Waals surface area contributed by atoms with Gasteiger partial charge in [0, 0.05) is 19.0 Å². The monoisotopic (exact) mass is 276 g/mol. The van der Waals surface area contributed by atoms with Crippen molar-refractivity contribution in [1.82, 2.24) is 20.1 Å². The Morgan fingerprint density at radius 1 is 1.30 bits per heavy atom. The highest BCUT2D eigenvalue weighted by Crippen LogP contribution is 2.11. The number of rotatable bonds is 7. The van der Waals surface area contributed by atoms with E-state index >= 15 is 0 Å². The van der Waals surface area contributed by atoms with E-state index in [-0.39, 0.29) is 11.9 Å². The molecule has 0 radical (unpaired) electrons. The first-order valence-corrected chi connectivity index (χ1v) is 7.02. The average Bonchev–Trinajstić information content (AvgIpc) is 2.88. The number of nitrogens with zero attached hydrogens (tertiary/aromatic N) is 3. The molecule has 1 aromatic carbocycles. The molecule has 108 valence electrons. The van der Waals surface area contributed by atoms with Gasteiger partial charge < -0.3 is 5.32 Å². The fourth-order valence-corrected chi connectivity index (χ4v) is 2.27. The van der Waals surface area contributed by atoms with Gasteiger partial charge in [-0.1, -0.05) is 25.1 Å². The second-order valence-corrected chi connectivity index (χ2v) is 4.88. The number of nitrogens with one attached hydrogen (secondary N) is 1. The summed E-state index contributed by atoms with van der Waals surface area (Å²) in [5.41, 5.74) is 0.730. The molecular formula is C15H21FN4. The van der Waals surface area contributed by atoms with Crippen LogP contribution in [0.25, 0.3) is 0 Å². The van der Waals surface area contributed by atoms with Crippen LogP contribution in [0.1, 0.15) is 24.7 Å². The van der Waals surface area contributed by atoms with Crippen LogP contribution in [0.15, 0.2) is 30.6 Å². The van der Waals surface area contributed by atoms with Gasteiger partial charge >= 0.3 is 0 Å². The van der Waals surface area contributed by atoms with E-state index in [1.165, 1.54) is 6.07 Å². The van der Waals surface area contributed by atoms with Gasteiger partial charge in [0.05, 0.1) is 0 Å². The summed E-state index contributed by atoms with van der Waals surface area (Å²) < 4.78 is 15.6. The summed E-state index contributed by atoms with van der Waals surface area (Å²) in [4.78, 5) is 4.30. The Bertz CT molecular complexity index is 538. The largest absolute Gasteiger partial charge is 0.316 e. The third kappa shape index (κ3) is 3.63. The number of aromatic nitrogens is 3. The fraction of sp³-hybridized carbons (Fsp3) is 0.467. The molecule has 5 heteroatoms. The van der Waals surface area contributed by atoms with Crippen molar-refractivity contribution >= 4 is 0 Å². The van der Waals surface area contributed by atoms with Crippen molar-refractivity contribution in [2.45, 2.75) is 38.8 Å². The molecule has 0 saturated heterocycles. The Kier molecular flexibility index (Phi) is 5.24. The lowest BCUT2D eigenvalue weighted by Gasteiger charge is -2.16. The molecule has 0 saturated carbocycles. The van der Waals surface area contributed by atoms with Gasteiger partial charge in [-0.15, -0.1) is 0 Å². The first-order valence-electron chi connectivity index (χ1n) is 7.02. The molecule has 0 aliphatic rings. The normalized spacial score (nSPS) is 12.6. The van der Waals surface area contributed by atoms with Crippen molar-refractivity contribution in [2.24, 2.45) is 0 Å². The van der Waals surface area contributed by atoms with Crippen molar-refractivity contribution in [3.05, 3.63) is 47.8 Å². The van der Waals surface area contributed by atoms with Crippen LogP contribution in [-0.2, 0) is 19.4 Å². The molecule has 4 nitrogen and oxygen atoms in total. The number of hydrogen-bond donors (Lipinski definition) is 1. The van der Waals surface area contributed by atoms with Crippen molar-refractivity contribution in [3.63, 3.8) is 0 Å². The molecule has 1 aromatic heterocycles. The predicted molar refractivity (Wildman–Crippen MR) is 77.0 cm³/mol. The second kappa shape index (κ2) is 7.14. The Labute approximate surface area is 119 Å². The van der Waals surface area contributed by atoms with Crippen LogP contribution in [0.2, 0.25) is 0 Å². The van der Waals surface area contributed by atoms with Gasteiger partial charge in [-0.05, 0) is 31.5 Å². The minimum atomic E-state index is -0.150. The molecule has 20 heavy (non-hydrogen) atoms. The molecule has 0 bridgehead atoms. The average molecular weight is 276 g/mol. The van der Waals surface area contributed by atoms with Crippen molar-refractivity contribution in [3.8, 4) is 0 Å². The van der Waals surface area contributed by atoms with Crippen LogP contribution in [0.5, 0.6) is 0 Å². The SMILES string of the molecule is CCCn1ncnc1CC(Cc1ccccc1F)NC. The van der Waals surface area contributed by atoms with Crippen LogP contribution in [0, 0.1) is 5.82 Å². The van der Waals surface area contributed by atoms with Crippen molar-refractivity contribution in [2.75, 3.05) is 7.05 Å². The van der Waals surface area contributed by atoms with Gasteiger partial charge in [0.2, 0.25) is 0 Å². The number of benzene rings is 1. The molecule has 1 N–H and O–H groups in total. The van der Waals surface area contributed by atoms with E-state index < -0.39 is 0 Å².